The third-order valence-electron chi connectivity index (χ3n) is 7.63. The van der Waals surface area contributed by atoms with E-state index in [9.17, 15) is 14.4 Å². The molecule has 2 aliphatic carbocycles. The van der Waals surface area contributed by atoms with Crippen LogP contribution < -0.4 is 0 Å². The predicted octanol–water partition coefficient (Wildman–Crippen LogP) is 4.97. The van der Waals surface area contributed by atoms with Gasteiger partial charge in [-0.2, -0.15) is 0 Å². The Morgan fingerprint density at radius 2 is 1.29 bits per heavy atom. The summed E-state index contributed by atoms with van der Waals surface area (Å²) in [5.41, 5.74) is -0.686. The quantitative estimate of drug-likeness (QED) is 0.457. The highest BCUT2D eigenvalue weighted by molar-refractivity contribution is 5.74. The van der Waals surface area contributed by atoms with Crippen LogP contribution in [0.4, 0.5) is 0 Å². The first-order valence-electron chi connectivity index (χ1n) is 12.5. The van der Waals surface area contributed by atoms with Crippen LogP contribution in [0.25, 0.3) is 0 Å². The minimum Gasteiger partial charge on any atom is -0.465 e. The first-order chi connectivity index (χ1) is 15.0. The molecule has 2 saturated carbocycles. The van der Waals surface area contributed by atoms with Crippen molar-refractivity contribution in [2.24, 2.45) is 23.2 Å². The molecule has 0 aromatic carbocycles. The van der Waals surface area contributed by atoms with Gasteiger partial charge in [0.15, 0.2) is 0 Å². The van der Waals surface area contributed by atoms with E-state index < -0.39 is 5.41 Å². The maximum Gasteiger partial charge on any atom is 0.308 e. The summed E-state index contributed by atoms with van der Waals surface area (Å²) in [6.45, 7) is 2.33. The van der Waals surface area contributed by atoms with E-state index in [-0.39, 0.29) is 55.5 Å². The van der Waals surface area contributed by atoms with Crippen molar-refractivity contribution in [3.05, 3.63) is 0 Å². The zero-order valence-electron chi connectivity index (χ0n) is 19.2. The predicted molar refractivity (Wildman–Crippen MR) is 116 cm³/mol. The Bertz CT molecular complexity index is 574. The van der Waals surface area contributed by atoms with Gasteiger partial charge in [-0.3, -0.25) is 14.4 Å². The van der Waals surface area contributed by atoms with Gasteiger partial charge in [-0.05, 0) is 44.9 Å². The second-order valence-electron chi connectivity index (χ2n) is 9.97. The summed E-state index contributed by atoms with van der Waals surface area (Å²) in [6, 6.07) is 0. The maximum atomic E-state index is 12.9. The van der Waals surface area contributed by atoms with Crippen LogP contribution in [0.1, 0.15) is 96.8 Å². The van der Waals surface area contributed by atoms with Crippen LogP contribution in [0, 0.1) is 23.2 Å². The molecule has 3 rings (SSSR count). The molecular weight excluding hydrogens is 396 g/mol. The number of cyclic esters (lactones) is 2. The molecule has 1 aliphatic heterocycles. The number of carbonyl (C=O) groups is 3. The zero-order valence-corrected chi connectivity index (χ0v) is 19.2. The first kappa shape index (κ1) is 24.1. The van der Waals surface area contributed by atoms with Crippen LogP contribution in [-0.4, -0.2) is 37.7 Å². The minimum absolute atomic E-state index is 0.0365. The van der Waals surface area contributed by atoms with Gasteiger partial charge in [0.1, 0.15) is 19.8 Å². The van der Waals surface area contributed by atoms with Crippen LogP contribution in [0.3, 0.4) is 0 Å². The molecule has 2 atom stereocenters. The minimum atomic E-state index is -0.686. The van der Waals surface area contributed by atoms with Crippen molar-refractivity contribution in [1.29, 1.82) is 0 Å². The second kappa shape index (κ2) is 11.9. The SMILES string of the molecule is CCC1(COC(=O)C2CCCCC2)COC(=O)C2CCCCCC(CCC2)C(=O)OC1. The Kier molecular flexibility index (Phi) is 9.21. The summed E-state index contributed by atoms with van der Waals surface area (Å²) < 4.78 is 17.3. The Labute approximate surface area is 186 Å². The van der Waals surface area contributed by atoms with Crippen molar-refractivity contribution < 1.29 is 28.6 Å². The second-order valence-corrected chi connectivity index (χ2v) is 9.97. The van der Waals surface area contributed by atoms with Gasteiger partial charge in [0.25, 0.3) is 0 Å². The van der Waals surface area contributed by atoms with E-state index >= 15 is 0 Å². The van der Waals surface area contributed by atoms with E-state index in [1.165, 1.54) is 6.42 Å². The molecule has 1 saturated heterocycles. The molecule has 0 aromatic rings. The summed E-state index contributed by atoms with van der Waals surface area (Å²) in [5.74, 6) is -0.713. The van der Waals surface area contributed by atoms with Crippen LogP contribution in [0.15, 0.2) is 0 Å². The molecule has 3 aliphatic rings. The zero-order chi connectivity index (χ0) is 22.1. The van der Waals surface area contributed by atoms with E-state index in [0.29, 0.717) is 6.42 Å². The van der Waals surface area contributed by atoms with Gasteiger partial charge in [-0.25, -0.2) is 0 Å². The fourth-order valence-corrected chi connectivity index (χ4v) is 5.12. The summed E-state index contributed by atoms with van der Waals surface area (Å²) in [7, 11) is 0. The molecule has 3 fully saturated rings. The van der Waals surface area contributed by atoms with Gasteiger partial charge in [-0.1, -0.05) is 51.9 Å². The smallest absolute Gasteiger partial charge is 0.308 e. The molecule has 2 bridgehead atoms. The first-order valence-corrected chi connectivity index (χ1v) is 12.5. The van der Waals surface area contributed by atoms with Crippen LogP contribution in [0.2, 0.25) is 0 Å². The summed E-state index contributed by atoms with van der Waals surface area (Å²) in [6.07, 6.45) is 12.7. The molecule has 6 nitrogen and oxygen atoms in total. The van der Waals surface area contributed by atoms with Crippen molar-refractivity contribution in [3.63, 3.8) is 0 Å². The Morgan fingerprint density at radius 1 is 0.806 bits per heavy atom. The molecule has 31 heavy (non-hydrogen) atoms. The average Bonchev–Trinajstić information content (AvgIpc) is 2.81. The van der Waals surface area contributed by atoms with E-state index in [4.69, 9.17) is 14.2 Å². The summed E-state index contributed by atoms with van der Waals surface area (Å²) in [4.78, 5) is 38.3. The van der Waals surface area contributed by atoms with Crippen molar-refractivity contribution in [1.82, 2.24) is 0 Å². The fraction of sp³-hybridized carbons (Fsp3) is 0.880. The van der Waals surface area contributed by atoms with E-state index in [1.807, 2.05) is 6.92 Å². The lowest BCUT2D eigenvalue weighted by Gasteiger charge is -2.34. The molecule has 176 valence electrons. The number of hydrogen-bond acceptors (Lipinski definition) is 6. The van der Waals surface area contributed by atoms with Gasteiger partial charge in [0.2, 0.25) is 0 Å². The average molecular weight is 437 g/mol. The molecule has 6 heteroatoms. The number of esters is 3. The maximum absolute atomic E-state index is 12.9. The third-order valence-corrected chi connectivity index (χ3v) is 7.63. The van der Waals surface area contributed by atoms with Crippen LogP contribution in [0.5, 0.6) is 0 Å². The normalized spacial score (nSPS) is 31.8. The van der Waals surface area contributed by atoms with Crippen LogP contribution >= 0.6 is 0 Å². The Morgan fingerprint density at radius 3 is 1.81 bits per heavy atom. The van der Waals surface area contributed by atoms with Gasteiger partial charge in [0.05, 0.1) is 23.2 Å². The number of hydrogen-bond donors (Lipinski definition) is 0. The molecule has 0 amide bonds. The third kappa shape index (κ3) is 6.95. The highest BCUT2D eigenvalue weighted by Crippen LogP contribution is 2.32. The van der Waals surface area contributed by atoms with E-state index in [0.717, 1.165) is 77.0 Å². The number of carbonyl (C=O) groups excluding carboxylic acids is 3. The molecular formula is C25H40O6. The number of ether oxygens (including phenoxy) is 3. The molecule has 0 N–H and O–H groups in total. The van der Waals surface area contributed by atoms with E-state index in [1.54, 1.807) is 0 Å². The number of rotatable bonds is 4. The molecule has 0 radical (unpaired) electrons. The van der Waals surface area contributed by atoms with Crippen LogP contribution in [-0.2, 0) is 28.6 Å². The standard InChI is InChI=1S/C25H40O6/c1-2-25(16-29-22(26)19-10-5-3-6-11-19)17-30-23(27)20-12-7-4-8-13-21(15-9-14-20)24(28)31-18-25/h19-21H,2-18H2,1H3. The molecule has 2 unspecified atom stereocenters. The Hall–Kier alpha value is -1.59. The van der Waals surface area contributed by atoms with Crippen molar-refractivity contribution in [3.8, 4) is 0 Å². The van der Waals surface area contributed by atoms with Gasteiger partial charge < -0.3 is 14.2 Å². The van der Waals surface area contributed by atoms with Gasteiger partial charge in [-0.15, -0.1) is 0 Å². The van der Waals surface area contributed by atoms with E-state index in [2.05, 4.69) is 0 Å². The highest BCUT2D eigenvalue weighted by atomic mass is 16.6. The monoisotopic (exact) mass is 436 g/mol. The highest BCUT2D eigenvalue weighted by Gasteiger charge is 2.37. The lowest BCUT2D eigenvalue weighted by atomic mass is 9.85. The molecule has 0 aromatic heterocycles. The summed E-state index contributed by atoms with van der Waals surface area (Å²) in [5, 5.41) is 0. The lowest BCUT2D eigenvalue weighted by molar-refractivity contribution is -0.169. The van der Waals surface area contributed by atoms with Crippen molar-refractivity contribution in [2.75, 3.05) is 19.8 Å². The topological polar surface area (TPSA) is 78.9 Å². The Balaban J connectivity index is 1.71. The van der Waals surface area contributed by atoms with Crippen molar-refractivity contribution in [2.45, 2.75) is 96.8 Å². The van der Waals surface area contributed by atoms with Gasteiger partial charge >= 0.3 is 17.9 Å². The summed E-state index contributed by atoms with van der Waals surface area (Å²) >= 11 is 0. The molecule has 1 heterocycles. The number of fused-ring (bicyclic) bond motifs is 4. The largest absolute Gasteiger partial charge is 0.465 e. The lowest BCUT2D eigenvalue weighted by Crippen LogP contribution is -2.41. The fourth-order valence-electron chi connectivity index (χ4n) is 5.12. The van der Waals surface area contributed by atoms with Gasteiger partial charge in [0, 0.05) is 0 Å². The van der Waals surface area contributed by atoms with Crippen molar-refractivity contribution >= 4 is 17.9 Å². The molecule has 0 spiro atoms.